The third-order valence-corrected chi connectivity index (χ3v) is 8.53. The molecule has 27 heavy (non-hydrogen) atoms. The second-order valence-electron chi connectivity index (χ2n) is 7.00. The highest BCUT2D eigenvalue weighted by Crippen LogP contribution is 2.39. The lowest BCUT2D eigenvalue weighted by molar-refractivity contribution is -0.519. The zero-order valence-electron chi connectivity index (χ0n) is 15.8. The van der Waals surface area contributed by atoms with E-state index in [0.717, 1.165) is 55.7 Å². The second-order valence-corrected chi connectivity index (χ2v) is 11.4. The standard InChI is InChI=1S/C16H32N4O4S3/c21-20(7-3-1-2-4-16-5-14-25-26-16)17-6-8-18-9-11-19(12-10-18)13-15-27(22,23)24/h7,16-17H,1-6,8-15H2,(H,22,23,24)/b20-7+. The van der Waals surface area contributed by atoms with Crippen molar-refractivity contribution in [1.29, 1.82) is 0 Å². The van der Waals surface area contributed by atoms with E-state index < -0.39 is 10.1 Å². The SMILES string of the molecule is O=S(=O)(O)CCN1CCN(CCN/[N+]([O-])=C\CCCCC2CCSS2)CC1. The number of unbranched alkanes of at least 4 members (excludes halogenated alkanes) is 2. The van der Waals surface area contributed by atoms with Gasteiger partial charge in [-0.1, -0.05) is 32.9 Å². The first kappa shape index (κ1) is 23.1. The van der Waals surface area contributed by atoms with Gasteiger partial charge in [0.2, 0.25) is 0 Å². The first-order valence-corrected chi connectivity index (χ1v) is 13.6. The molecule has 2 heterocycles. The molecule has 2 N–H and O–H groups in total. The number of piperazine rings is 1. The molecule has 1 atom stereocenters. The van der Waals surface area contributed by atoms with Crippen LogP contribution < -0.4 is 5.43 Å². The van der Waals surface area contributed by atoms with Gasteiger partial charge in [-0.2, -0.15) is 13.8 Å². The highest BCUT2D eigenvalue weighted by Gasteiger charge is 2.18. The summed E-state index contributed by atoms with van der Waals surface area (Å²) in [5.74, 6) is 1.06. The predicted molar refractivity (Wildman–Crippen MR) is 114 cm³/mol. The molecule has 0 amide bonds. The average Bonchev–Trinajstić information content (AvgIpc) is 3.13. The fraction of sp³-hybridized carbons (Fsp3) is 0.938. The van der Waals surface area contributed by atoms with E-state index in [4.69, 9.17) is 4.55 Å². The number of nitrogens with one attached hydrogen (secondary N) is 1. The molecule has 0 radical (unpaired) electrons. The van der Waals surface area contributed by atoms with Crippen LogP contribution in [0.1, 0.15) is 32.1 Å². The lowest BCUT2D eigenvalue weighted by Crippen LogP contribution is -2.49. The van der Waals surface area contributed by atoms with Crippen LogP contribution in [0.4, 0.5) is 0 Å². The van der Waals surface area contributed by atoms with Crippen molar-refractivity contribution in [3.63, 3.8) is 0 Å². The summed E-state index contributed by atoms with van der Waals surface area (Å²) in [5, 5.41) is 12.6. The molecule has 2 rings (SSSR count). The average molecular weight is 441 g/mol. The molecule has 0 aromatic carbocycles. The Bertz CT molecular complexity index is 548. The number of hydrogen-bond donors (Lipinski definition) is 2. The van der Waals surface area contributed by atoms with Gasteiger partial charge < -0.3 is 5.21 Å². The maximum absolute atomic E-state index is 11.8. The van der Waals surface area contributed by atoms with Gasteiger partial charge in [-0.05, 0) is 19.3 Å². The Morgan fingerprint density at radius 3 is 2.52 bits per heavy atom. The van der Waals surface area contributed by atoms with Crippen molar-refractivity contribution < 1.29 is 17.8 Å². The van der Waals surface area contributed by atoms with E-state index in [1.54, 1.807) is 6.21 Å². The zero-order chi connectivity index (χ0) is 19.5. The maximum Gasteiger partial charge on any atom is 0.266 e. The molecule has 158 valence electrons. The topological polar surface area (TPSA) is 99.0 Å². The maximum atomic E-state index is 11.8. The third kappa shape index (κ3) is 10.8. The van der Waals surface area contributed by atoms with Crippen LogP contribution in [-0.2, 0) is 10.1 Å². The molecule has 2 fully saturated rings. The molecule has 2 saturated heterocycles. The molecule has 0 bridgehead atoms. The molecule has 0 saturated carbocycles. The summed E-state index contributed by atoms with van der Waals surface area (Å²) in [4.78, 5) is 5.12. The van der Waals surface area contributed by atoms with Crippen molar-refractivity contribution >= 4 is 37.9 Å². The molecule has 2 aliphatic rings. The Kier molecular flexibility index (Phi) is 10.6. The van der Waals surface area contributed by atoms with Crippen molar-refractivity contribution in [3.8, 4) is 0 Å². The molecule has 2 aliphatic heterocycles. The minimum Gasteiger partial charge on any atom is -0.597 e. The zero-order valence-corrected chi connectivity index (χ0v) is 18.2. The highest BCUT2D eigenvalue weighted by atomic mass is 33.1. The minimum absolute atomic E-state index is 0.214. The Hall–Kier alpha value is -0.200. The first-order chi connectivity index (χ1) is 12.9. The van der Waals surface area contributed by atoms with Crippen LogP contribution in [0.3, 0.4) is 0 Å². The van der Waals surface area contributed by atoms with Crippen LogP contribution in [0.2, 0.25) is 0 Å². The summed E-state index contributed by atoms with van der Waals surface area (Å²) in [6.45, 7) is 4.99. The molecule has 0 aliphatic carbocycles. The predicted octanol–water partition coefficient (Wildman–Crippen LogP) is 1.29. The molecule has 1 unspecified atom stereocenters. The van der Waals surface area contributed by atoms with E-state index in [0.29, 0.717) is 13.1 Å². The Balaban J connectivity index is 1.47. The van der Waals surface area contributed by atoms with Gasteiger partial charge in [0.25, 0.3) is 10.1 Å². The number of hydrazone groups is 1. The summed E-state index contributed by atoms with van der Waals surface area (Å²) in [6.07, 6.45) is 7.33. The first-order valence-electron chi connectivity index (χ1n) is 9.64. The van der Waals surface area contributed by atoms with Crippen LogP contribution >= 0.6 is 21.6 Å². The van der Waals surface area contributed by atoms with Gasteiger partial charge in [0, 0.05) is 56.7 Å². The smallest absolute Gasteiger partial charge is 0.266 e. The Morgan fingerprint density at radius 1 is 1.19 bits per heavy atom. The fourth-order valence-corrected chi connectivity index (χ4v) is 6.67. The lowest BCUT2D eigenvalue weighted by Gasteiger charge is -2.34. The normalized spacial score (nSPS) is 23.0. The van der Waals surface area contributed by atoms with Gasteiger partial charge in [0.15, 0.2) is 6.21 Å². The molecular weight excluding hydrogens is 408 g/mol. The number of rotatable bonds is 12. The molecule has 11 heteroatoms. The van der Waals surface area contributed by atoms with Gasteiger partial charge in [0.1, 0.15) is 0 Å². The van der Waals surface area contributed by atoms with E-state index in [9.17, 15) is 13.6 Å². The van der Waals surface area contributed by atoms with Crippen LogP contribution in [0, 0.1) is 5.21 Å². The fourth-order valence-electron chi connectivity index (χ4n) is 3.15. The molecular formula is C16H32N4O4S3. The summed E-state index contributed by atoms with van der Waals surface area (Å²) in [6, 6.07) is 0. The van der Waals surface area contributed by atoms with Crippen molar-refractivity contribution in [2.75, 3.05) is 57.3 Å². The largest absolute Gasteiger partial charge is 0.597 e. The summed E-state index contributed by atoms with van der Waals surface area (Å²) in [5.41, 5.74) is 2.87. The molecule has 8 nitrogen and oxygen atoms in total. The summed E-state index contributed by atoms with van der Waals surface area (Å²) >= 11 is 0. The molecule has 0 aromatic heterocycles. The summed E-state index contributed by atoms with van der Waals surface area (Å²) in [7, 11) is 0.0985. The van der Waals surface area contributed by atoms with E-state index in [2.05, 4.69) is 10.3 Å². The van der Waals surface area contributed by atoms with E-state index in [1.165, 1.54) is 25.0 Å². The lowest BCUT2D eigenvalue weighted by atomic mass is 10.1. The number of nitrogens with zero attached hydrogens (tertiary/aromatic N) is 3. The van der Waals surface area contributed by atoms with Crippen LogP contribution in [0.15, 0.2) is 0 Å². The van der Waals surface area contributed by atoms with E-state index in [-0.39, 0.29) is 5.75 Å². The monoisotopic (exact) mass is 440 g/mol. The molecule has 0 spiro atoms. The highest BCUT2D eigenvalue weighted by molar-refractivity contribution is 8.77. The Morgan fingerprint density at radius 2 is 1.89 bits per heavy atom. The van der Waals surface area contributed by atoms with Crippen molar-refractivity contribution in [2.45, 2.75) is 37.4 Å². The van der Waals surface area contributed by atoms with Gasteiger partial charge in [0.05, 0.1) is 12.3 Å². The van der Waals surface area contributed by atoms with E-state index in [1.807, 2.05) is 26.5 Å². The van der Waals surface area contributed by atoms with Gasteiger partial charge >= 0.3 is 0 Å². The van der Waals surface area contributed by atoms with Gasteiger partial charge in [-0.3, -0.25) is 14.4 Å². The van der Waals surface area contributed by atoms with Crippen LogP contribution in [0.5, 0.6) is 0 Å². The van der Waals surface area contributed by atoms with E-state index >= 15 is 0 Å². The van der Waals surface area contributed by atoms with Gasteiger partial charge in [-0.25, -0.2) is 0 Å². The van der Waals surface area contributed by atoms with Crippen LogP contribution in [0.25, 0.3) is 0 Å². The van der Waals surface area contributed by atoms with Crippen molar-refractivity contribution in [2.24, 2.45) is 0 Å². The Labute approximate surface area is 170 Å². The van der Waals surface area contributed by atoms with Gasteiger partial charge in [-0.15, -0.1) is 0 Å². The quantitative estimate of drug-likeness (QED) is 0.0884. The second kappa shape index (κ2) is 12.4. The third-order valence-electron chi connectivity index (χ3n) is 4.83. The van der Waals surface area contributed by atoms with Crippen molar-refractivity contribution in [1.82, 2.24) is 15.2 Å². The minimum atomic E-state index is -3.89. The number of hydrazine groups is 1. The van der Waals surface area contributed by atoms with Crippen molar-refractivity contribution in [3.05, 3.63) is 5.21 Å². The molecule has 0 aromatic rings. The summed E-state index contributed by atoms with van der Waals surface area (Å²) < 4.78 is 30.4. The number of hydrogen-bond acceptors (Lipinski definition) is 8. The van der Waals surface area contributed by atoms with Crippen LogP contribution in [-0.4, -0.2) is 96.4 Å².